The SMILES string of the molecule is C1CCCCCC(C2CCCC(C3CCCCCCCCCC3)CCC2)CCCC1. The van der Waals surface area contributed by atoms with Crippen molar-refractivity contribution in [2.24, 2.45) is 23.7 Å². The standard InChI is InChI=1S/C30H56/c1-2-6-10-14-20-27(19-13-9-5-1)29-23-17-25-30(26-18-24-29)28-21-15-11-7-3-4-8-12-16-22-28/h27-30H,1-26H2. The Labute approximate surface area is 190 Å². The smallest absolute Gasteiger partial charge is 0.0386 e. The molecule has 3 rings (SSSR count). The van der Waals surface area contributed by atoms with Gasteiger partial charge in [-0.05, 0) is 23.7 Å². The molecule has 3 fully saturated rings. The van der Waals surface area contributed by atoms with E-state index in [1.54, 1.807) is 64.2 Å². The molecule has 0 nitrogen and oxygen atoms in total. The van der Waals surface area contributed by atoms with Crippen molar-refractivity contribution in [2.75, 3.05) is 0 Å². The highest BCUT2D eigenvalue weighted by atomic mass is 14.3. The summed E-state index contributed by atoms with van der Waals surface area (Å²) in [7, 11) is 0. The van der Waals surface area contributed by atoms with Crippen LogP contribution in [-0.4, -0.2) is 0 Å². The Morgan fingerprint density at radius 3 is 0.567 bits per heavy atom. The molecule has 0 radical (unpaired) electrons. The molecule has 0 amide bonds. The van der Waals surface area contributed by atoms with E-state index in [0.29, 0.717) is 0 Å². The van der Waals surface area contributed by atoms with E-state index >= 15 is 0 Å². The summed E-state index contributed by atoms with van der Waals surface area (Å²) < 4.78 is 0. The predicted octanol–water partition coefficient (Wildman–Crippen LogP) is 10.6. The van der Waals surface area contributed by atoms with Crippen LogP contribution in [0.25, 0.3) is 0 Å². The first kappa shape index (κ1) is 24.6. The van der Waals surface area contributed by atoms with Gasteiger partial charge in [-0.1, -0.05) is 167 Å². The minimum absolute atomic E-state index is 1.08. The average Bonchev–Trinajstić information content (AvgIpc) is 2.84. The van der Waals surface area contributed by atoms with Crippen LogP contribution in [0.1, 0.15) is 167 Å². The summed E-state index contributed by atoms with van der Waals surface area (Å²) in [5.74, 6) is 4.33. The Kier molecular flexibility index (Phi) is 12.9. The van der Waals surface area contributed by atoms with Crippen molar-refractivity contribution in [2.45, 2.75) is 167 Å². The minimum Gasteiger partial charge on any atom is -0.0533 e. The lowest BCUT2D eigenvalue weighted by molar-refractivity contribution is 0.179. The van der Waals surface area contributed by atoms with Crippen molar-refractivity contribution in [3.63, 3.8) is 0 Å². The van der Waals surface area contributed by atoms with Gasteiger partial charge in [-0.25, -0.2) is 0 Å². The van der Waals surface area contributed by atoms with Gasteiger partial charge in [0, 0.05) is 0 Å². The molecule has 0 aromatic rings. The molecule has 0 aromatic carbocycles. The molecule has 0 N–H and O–H groups in total. The van der Waals surface area contributed by atoms with Gasteiger partial charge in [0.25, 0.3) is 0 Å². The molecule has 0 unspecified atom stereocenters. The molecular formula is C30H56. The Hall–Kier alpha value is 0. The second kappa shape index (κ2) is 15.7. The van der Waals surface area contributed by atoms with Crippen LogP contribution in [0, 0.1) is 23.7 Å². The molecule has 3 aliphatic rings. The zero-order chi connectivity index (χ0) is 20.7. The van der Waals surface area contributed by atoms with Crippen molar-refractivity contribution in [3.05, 3.63) is 0 Å². The molecule has 0 aliphatic heterocycles. The molecule has 0 bridgehead atoms. The Bertz CT molecular complexity index is 329. The van der Waals surface area contributed by atoms with Crippen molar-refractivity contribution in [1.82, 2.24) is 0 Å². The first-order valence-electron chi connectivity index (χ1n) is 14.9. The van der Waals surface area contributed by atoms with Gasteiger partial charge in [0.05, 0.1) is 0 Å². The number of hydrogen-bond acceptors (Lipinski definition) is 0. The third-order valence-electron chi connectivity index (χ3n) is 9.43. The molecule has 0 atom stereocenters. The first-order chi connectivity index (χ1) is 14.9. The maximum atomic E-state index is 1.58. The Morgan fingerprint density at radius 1 is 0.167 bits per heavy atom. The summed E-state index contributed by atoms with van der Waals surface area (Å²) in [6.07, 6.45) is 40.0. The topological polar surface area (TPSA) is 0 Å². The fraction of sp³-hybridized carbons (Fsp3) is 1.00. The fourth-order valence-corrected chi connectivity index (χ4v) is 7.49. The monoisotopic (exact) mass is 416 g/mol. The summed E-state index contributed by atoms with van der Waals surface area (Å²) in [4.78, 5) is 0. The van der Waals surface area contributed by atoms with Gasteiger partial charge in [-0.3, -0.25) is 0 Å². The minimum atomic E-state index is 1.08. The molecule has 30 heavy (non-hydrogen) atoms. The van der Waals surface area contributed by atoms with Crippen LogP contribution in [0.5, 0.6) is 0 Å². The highest BCUT2D eigenvalue weighted by molar-refractivity contribution is 4.79. The van der Waals surface area contributed by atoms with Gasteiger partial charge in [-0.15, -0.1) is 0 Å². The van der Waals surface area contributed by atoms with Gasteiger partial charge < -0.3 is 0 Å². The highest BCUT2D eigenvalue weighted by Crippen LogP contribution is 2.40. The normalized spacial score (nSPS) is 31.6. The molecular weight excluding hydrogens is 360 g/mol. The van der Waals surface area contributed by atoms with Crippen LogP contribution < -0.4 is 0 Å². The molecule has 0 spiro atoms. The van der Waals surface area contributed by atoms with E-state index in [2.05, 4.69) is 0 Å². The van der Waals surface area contributed by atoms with Crippen molar-refractivity contribution in [3.8, 4) is 0 Å². The maximum Gasteiger partial charge on any atom is -0.0386 e. The van der Waals surface area contributed by atoms with Crippen molar-refractivity contribution >= 4 is 0 Å². The number of hydrogen-bond donors (Lipinski definition) is 0. The van der Waals surface area contributed by atoms with Gasteiger partial charge in [-0.2, -0.15) is 0 Å². The third kappa shape index (κ3) is 9.65. The van der Waals surface area contributed by atoms with Crippen LogP contribution in [-0.2, 0) is 0 Å². The molecule has 0 saturated heterocycles. The molecule has 0 heteroatoms. The highest BCUT2D eigenvalue weighted by Gasteiger charge is 2.27. The van der Waals surface area contributed by atoms with Gasteiger partial charge in [0.1, 0.15) is 0 Å². The first-order valence-corrected chi connectivity index (χ1v) is 14.9. The van der Waals surface area contributed by atoms with Gasteiger partial charge in [0.2, 0.25) is 0 Å². The zero-order valence-corrected chi connectivity index (χ0v) is 20.7. The molecule has 3 aliphatic carbocycles. The van der Waals surface area contributed by atoms with Crippen LogP contribution in [0.4, 0.5) is 0 Å². The lowest BCUT2D eigenvalue weighted by Gasteiger charge is -2.34. The van der Waals surface area contributed by atoms with E-state index in [1.165, 1.54) is 103 Å². The van der Waals surface area contributed by atoms with E-state index in [0.717, 1.165) is 23.7 Å². The van der Waals surface area contributed by atoms with E-state index in [9.17, 15) is 0 Å². The second-order valence-corrected chi connectivity index (χ2v) is 11.7. The lowest BCUT2D eigenvalue weighted by Crippen LogP contribution is -2.22. The fourth-order valence-electron chi connectivity index (χ4n) is 7.49. The largest absolute Gasteiger partial charge is 0.0533 e. The summed E-state index contributed by atoms with van der Waals surface area (Å²) >= 11 is 0. The molecule has 3 saturated carbocycles. The summed E-state index contributed by atoms with van der Waals surface area (Å²) in [6, 6.07) is 0. The Morgan fingerprint density at radius 2 is 0.333 bits per heavy atom. The van der Waals surface area contributed by atoms with Gasteiger partial charge >= 0.3 is 0 Å². The number of rotatable bonds is 2. The van der Waals surface area contributed by atoms with E-state index in [-0.39, 0.29) is 0 Å². The van der Waals surface area contributed by atoms with Crippen LogP contribution >= 0.6 is 0 Å². The predicted molar refractivity (Wildman–Crippen MR) is 134 cm³/mol. The lowest BCUT2D eigenvalue weighted by atomic mass is 9.72. The molecule has 0 heterocycles. The zero-order valence-electron chi connectivity index (χ0n) is 20.7. The second-order valence-electron chi connectivity index (χ2n) is 11.7. The van der Waals surface area contributed by atoms with Crippen LogP contribution in [0.3, 0.4) is 0 Å². The quantitative estimate of drug-likeness (QED) is 0.420. The van der Waals surface area contributed by atoms with Crippen LogP contribution in [0.2, 0.25) is 0 Å². The van der Waals surface area contributed by atoms with Crippen LogP contribution in [0.15, 0.2) is 0 Å². The van der Waals surface area contributed by atoms with Gasteiger partial charge in [0.15, 0.2) is 0 Å². The maximum absolute atomic E-state index is 1.58. The van der Waals surface area contributed by atoms with E-state index in [4.69, 9.17) is 0 Å². The average molecular weight is 417 g/mol. The molecule has 176 valence electrons. The summed E-state index contributed by atoms with van der Waals surface area (Å²) in [6.45, 7) is 0. The van der Waals surface area contributed by atoms with E-state index < -0.39 is 0 Å². The van der Waals surface area contributed by atoms with Crippen molar-refractivity contribution < 1.29 is 0 Å². The van der Waals surface area contributed by atoms with E-state index in [1.807, 2.05) is 0 Å². The third-order valence-corrected chi connectivity index (χ3v) is 9.43. The van der Waals surface area contributed by atoms with Crippen molar-refractivity contribution in [1.29, 1.82) is 0 Å². The Balaban J connectivity index is 1.45. The molecule has 0 aromatic heterocycles. The summed E-state index contributed by atoms with van der Waals surface area (Å²) in [5, 5.41) is 0. The summed E-state index contributed by atoms with van der Waals surface area (Å²) in [5.41, 5.74) is 0.